The monoisotopic (exact) mass is 319 g/mol. The largest absolute Gasteiger partial charge is 0.454 e. The van der Waals surface area contributed by atoms with Crippen LogP contribution in [0.1, 0.15) is 12.0 Å². The molecule has 7 nitrogen and oxygen atoms in total. The lowest BCUT2D eigenvalue weighted by Gasteiger charge is -2.35. The summed E-state index contributed by atoms with van der Waals surface area (Å²) in [6.45, 7) is 1.75. The molecule has 1 amide bonds. The number of carbonyl (C=O) groups excluding carboxylic acids is 1. The number of nitrogens with one attached hydrogen (secondary N) is 2. The number of amides is 1. The van der Waals surface area contributed by atoms with E-state index in [1.54, 1.807) is 0 Å². The zero-order valence-corrected chi connectivity index (χ0v) is 12.8. The second-order valence-corrected chi connectivity index (χ2v) is 6.34. The van der Waals surface area contributed by atoms with Crippen molar-refractivity contribution in [2.75, 3.05) is 26.5 Å². The van der Waals surface area contributed by atoms with E-state index in [1.165, 1.54) is 0 Å². The molecule has 0 bridgehead atoms. The number of hydrazine groups is 1. The number of nitrogens with zero attached hydrogens (tertiary/aromatic N) is 1. The summed E-state index contributed by atoms with van der Waals surface area (Å²) in [6, 6.07) is 5.99. The maximum Gasteiger partial charge on any atom is 0.231 e. The van der Waals surface area contributed by atoms with Gasteiger partial charge in [-0.05, 0) is 24.1 Å². The van der Waals surface area contributed by atoms with Crippen molar-refractivity contribution >= 4 is 5.91 Å². The van der Waals surface area contributed by atoms with Crippen molar-refractivity contribution in [3.8, 4) is 11.5 Å². The minimum atomic E-state index is 0.0149. The minimum absolute atomic E-state index is 0.0149. The van der Waals surface area contributed by atoms with E-state index in [-0.39, 0.29) is 31.3 Å². The Bertz CT molecular complexity index is 603. The van der Waals surface area contributed by atoms with Crippen molar-refractivity contribution in [3.63, 3.8) is 0 Å². The molecule has 1 aromatic rings. The molecule has 0 radical (unpaired) electrons. The number of ether oxygens (including phenoxy) is 2. The summed E-state index contributed by atoms with van der Waals surface area (Å²) in [7, 11) is 0. The zero-order valence-electron chi connectivity index (χ0n) is 12.8. The maximum absolute atomic E-state index is 12.6. The summed E-state index contributed by atoms with van der Waals surface area (Å²) < 4.78 is 10.7. The Kier molecular flexibility index (Phi) is 3.84. The molecule has 3 aliphatic heterocycles. The molecule has 2 fully saturated rings. The third-order valence-electron chi connectivity index (χ3n) is 4.97. The number of likely N-dealkylation sites (tertiary alicyclic amines) is 1. The van der Waals surface area contributed by atoms with Crippen LogP contribution in [-0.2, 0) is 11.2 Å². The lowest BCUT2D eigenvalue weighted by Crippen LogP contribution is -2.49. The standard InChI is InChI=1S/C16H21N3O4/c20-8-13-11-7-19(4-3-12(11)17-18-13)16(21)6-10-1-2-14-15(5-10)23-9-22-14/h1-2,5,11-13,17-18,20H,3-4,6-9H2. The predicted octanol–water partition coefficient (Wildman–Crippen LogP) is -0.356. The van der Waals surface area contributed by atoms with E-state index >= 15 is 0 Å². The molecule has 4 rings (SSSR count). The molecule has 124 valence electrons. The molecule has 0 aliphatic carbocycles. The number of aliphatic hydroxyl groups is 1. The normalized spacial score (nSPS) is 28.7. The number of rotatable bonds is 3. The maximum atomic E-state index is 12.6. The Balaban J connectivity index is 1.41. The highest BCUT2D eigenvalue weighted by molar-refractivity contribution is 5.79. The van der Waals surface area contributed by atoms with Gasteiger partial charge in [0.2, 0.25) is 12.7 Å². The molecule has 2 saturated heterocycles. The number of hydrogen-bond acceptors (Lipinski definition) is 6. The van der Waals surface area contributed by atoms with Gasteiger partial charge in [0, 0.05) is 25.0 Å². The fourth-order valence-corrected chi connectivity index (χ4v) is 3.63. The second kappa shape index (κ2) is 5.99. The van der Waals surface area contributed by atoms with Gasteiger partial charge in [0.1, 0.15) is 0 Å². The SMILES string of the molecule is O=C(Cc1ccc2c(c1)OCO2)N1CCC2NNC(CO)C2C1. The highest BCUT2D eigenvalue weighted by Gasteiger charge is 2.40. The van der Waals surface area contributed by atoms with Gasteiger partial charge in [0.05, 0.1) is 19.1 Å². The smallest absolute Gasteiger partial charge is 0.231 e. The van der Waals surface area contributed by atoms with E-state index in [0.29, 0.717) is 24.8 Å². The average Bonchev–Trinajstić information content (AvgIpc) is 3.19. The molecular formula is C16H21N3O4. The summed E-state index contributed by atoms with van der Waals surface area (Å²) in [6.07, 6.45) is 1.26. The van der Waals surface area contributed by atoms with Crippen LogP contribution in [-0.4, -0.2) is 54.5 Å². The molecule has 7 heteroatoms. The first kappa shape index (κ1) is 14.7. The van der Waals surface area contributed by atoms with Crippen LogP contribution in [0.3, 0.4) is 0 Å². The summed E-state index contributed by atoms with van der Waals surface area (Å²) in [5.41, 5.74) is 7.27. The van der Waals surface area contributed by atoms with E-state index in [1.807, 2.05) is 23.1 Å². The Hall–Kier alpha value is -1.83. The van der Waals surface area contributed by atoms with Gasteiger partial charge in [0.25, 0.3) is 0 Å². The third kappa shape index (κ3) is 2.75. The lowest BCUT2D eigenvalue weighted by atomic mass is 9.88. The van der Waals surface area contributed by atoms with E-state index in [0.717, 1.165) is 24.3 Å². The summed E-state index contributed by atoms with van der Waals surface area (Å²) >= 11 is 0. The molecule has 0 aromatic heterocycles. The van der Waals surface area contributed by atoms with Gasteiger partial charge in [-0.25, -0.2) is 0 Å². The molecule has 0 saturated carbocycles. The van der Waals surface area contributed by atoms with Gasteiger partial charge in [-0.2, -0.15) is 0 Å². The Morgan fingerprint density at radius 2 is 2.17 bits per heavy atom. The zero-order chi connectivity index (χ0) is 15.8. The van der Waals surface area contributed by atoms with Crippen molar-refractivity contribution in [1.29, 1.82) is 0 Å². The Morgan fingerprint density at radius 1 is 1.30 bits per heavy atom. The fraction of sp³-hybridized carbons (Fsp3) is 0.562. The predicted molar refractivity (Wildman–Crippen MR) is 81.9 cm³/mol. The van der Waals surface area contributed by atoms with Crippen LogP contribution in [0.25, 0.3) is 0 Å². The molecule has 3 aliphatic rings. The average molecular weight is 319 g/mol. The van der Waals surface area contributed by atoms with Crippen LogP contribution in [0.15, 0.2) is 18.2 Å². The Morgan fingerprint density at radius 3 is 3.04 bits per heavy atom. The molecule has 3 atom stereocenters. The lowest BCUT2D eigenvalue weighted by molar-refractivity contribution is -0.132. The number of benzene rings is 1. The fourth-order valence-electron chi connectivity index (χ4n) is 3.63. The van der Waals surface area contributed by atoms with Gasteiger partial charge in [-0.3, -0.25) is 15.6 Å². The highest BCUT2D eigenvalue weighted by atomic mass is 16.7. The van der Waals surface area contributed by atoms with Gasteiger partial charge in [-0.1, -0.05) is 6.07 Å². The minimum Gasteiger partial charge on any atom is -0.454 e. The van der Waals surface area contributed by atoms with Crippen LogP contribution in [0, 0.1) is 5.92 Å². The highest BCUT2D eigenvalue weighted by Crippen LogP contribution is 2.33. The quantitative estimate of drug-likeness (QED) is 0.706. The molecule has 23 heavy (non-hydrogen) atoms. The first-order valence-corrected chi connectivity index (χ1v) is 8.03. The van der Waals surface area contributed by atoms with Crippen LogP contribution >= 0.6 is 0 Å². The molecule has 1 aromatic carbocycles. The first-order valence-electron chi connectivity index (χ1n) is 8.03. The molecule has 3 heterocycles. The number of fused-ring (bicyclic) bond motifs is 2. The van der Waals surface area contributed by atoms with Crippen LogP contribution in [0.5, 0.6) is 11.5 Å². The van der Waals surface area contributed by atoms with Crippen LogP contribution in [0.2, 0.25) is 0 Å². The number of piperidine rings is 1. The first-order chi connectivity index (χ1) is 11.2. The topological polar surface area (TPSA) is 83.1 Å². The van der Waals surface area contributed by atoms with E-state index in [2.05, 4.69) is 10.9 Å². The van der Waals surface area contributed by atoms with Crippen molar-refractivity contribution in [3.05, 3.63) is 23.8 Å². The van der Waals surface area contributed by atoms with Crippen LogP contribution < -0.4 is 20.3 Å². The number of hydrogen-bond donors (Lipinski definition) is 3. The third-order valence-corrected chi connectivity index (χ3v) is 4.97. The van der Waals surface area contributed by atoms with Gasteiger partial charge in [-0.15, -0.1) is 0 Å². The Labute approximate surface area is 134 Å². The van der Waals surface area contributed by atoms with Gasteiger partial charge >= 0.3 is 0 Å². The van der Waals surface area contributed by atoms with E-state index in [4.69, 9.17) is 9.47 Å². The summed E-state index contributed by atoms with van der Waals surface area (Å²) in [4.78, 5) is 14.5. The number of aliphatic hydroxyl groups excluding tert-OH is 1. The molecular weight excluding hydrogens is 298 g/mol. The summed E-state index contributed by atoms with van der Waals surface area (Å²) in [5.74, 6) is 1.81. The second-order valence-electron chi connectivity index (χ2n) is 6.34. The van der Waals surface area contributed by atoms with Crippen LogP contribution in [0.4, 0.5) is 0 Å². The van der Waals surface area contributed by atoms with Gasteiger partial charge in [0.15, 0.2) is 11.5 Å². The van der Waals surface area contributed by atoms with Crippen molar-refractivity contribution in [1.82, 2.24) is 15.8 Å². The summed E-state index contributed by atoms with van der Waals surface area (Å²) in [5, 5.41) is 9.42. The molecule has 0 spiro atoms. The van der Waals surface area contributed by atoms with Crippen molar-refractivity contribution < 1.29 is 19.4 Å². The van der Waals surface area contributed by atoms with Crippen molar-refractivity contribution in [2.24, 2.45) is 5.92 Å². The van der Waals surface area contributed by atoms with Gasteiger partial charge < -0.3 is 19.5 Å². The number of carbonyl (C=O) groups is 1. The molecule has 3 unspecified atom stereocenters. The van der Waals surface area contributed by atoms with E-state index < -0.39 is 0 Å². The molecule has 3 N–H and O–H groups in total. The van der Waals surface area contributed by atoms with Crippen molar-refractivity contribution in [2.45, 2.75) is 24.9 Å². The van der Waals surface area contributed by atoms with E-state index in [9.17, 15) is 9.90 Å².